The maximum Gasteiger partial charge on any atom is 0.262 e. The third-order valence-electron chi connectivity index (χ3n) is 8.71. The fraction of sp³-hybridized carbons (Fsp3) is 0.455. The number of ether oxygens (including phenoxy) is 2. The first kappa shape index (κ1) is 31.7. The number of rotatable bonds is 9. The van der Waals surface area contributed by atoms with Gasteiger partial charge in [-0.05, 0) is 59.2 Å². The maximum absolute atomic E-state index is 13.0. The van der Waals surface area contributed by atoms with Crippen molar-refractivity contribution in [1.82, 2.24) is 14.8 Å². The summed E-state index contributed by atoms with van der Waals surface area (Å²) in [6.45, 7) is 8.48. The third kappa shape index (κ3) is 6.81. The van der Waals surface area contributed by atoms with Crippen LogP contribution in [0.2, 0.25) is 0 Å². The number of benzene rings is 2. The van der Waals surface area contributed by atoms with Gasteiger partial charge in [-0.2, -0.15) is 5.26 Å². The highest BCUT2D eigenvalue weighted by molar-refractivity contribution is 6.04. The highest BCUT2D eigenvalue weighted by atomic mass is 16.6. The van der Waals surface area contributed by atoms with Gasteiger partial charge < -0.3 is 40.0 Å². The predicted octanol–water partition coefficient (Wildman–Crippen LogP) is 2.08. The van der Waals surface area contributed by atoms with Gasteiger partial charge in [0.15, 0.2) is 6.29 Å². The van der Waals surface area contributed by atoms with E-state index in [1.165, 1.54) is 0 Å². The molecule has 11 heteroatoms. The number of nitriles is 1. The van der Waals surface area contributed by atoms with Gasteiger partial charge in [0.25, 0.3) is 5.91 Å². The number of fused-ring (bicyclic) bond motifs is 1. The number of hydrogen-bond acceptors (Lipinski definition) is 9. The minimum atomic E-state index is -1.29. The molecule has 0 saturated carbocycles. The van der Waals surface area contributed by atoms with E-state index in [0.717, 1.165) is 67.1 Å². The van der Waals surface area contributed by atoms with Gasteiger partial charge >= 0.3 is 0 Å². The quantitative estimate of drug-likeness (QED) is 0.183. The zero-order valence-electron chi connectivity index (χ0n) is 25.4. The summed E-state index contributed by atoms with van der Waals surface area (Å²) < 4.78 is 12.7. The van der Waals surface area contributed by atoms with E-state index in [9.17, 15) is 25.4 Å². The van der Waals surface area contributed by atoms with Crippen LogP contribution in [-0.2, 0) is 21.3 Å². The van der Waals surface area contributed by atoms with E-state index < -0.39 is 36.4 Å². The molecule has 1 unspecified atom stereocenters. The van der Waals surface area contributed by atoms with Crippen LogP contribution >= 0.6 is 0 Å². The first-order chi connectivity index (χ1) is 21.2. The van der Waals surface area contributed by atoms with E-state index in [1.54, 1.807) is 13.8 Å². The smallest absolute Gasteiger partial charge is 0.262 e. The average Bonchev–Trinajstić information content (AvgIpc) is 3.42. The summed E-state index contributed by atoms with van der Waals surface area (Å²) >= 11 is 0. The number of aromatic nitrogens is 1. The molecule has 2 aliphatic rings. The third-order valence-corrected chi connectivity index (χ3v) is 8.71. The van der Waals surface area contributed by atoms with Crippen molar-refractivity contribution in [2.45, 2.75) is 38.4 Å². The molecule has 0 radical (unpaired) electrons. The fourth-order valence-electron chi connectivity index (χ4n) is 5.84. The number of anilines is 1. The number of aliphatic hydroxyl groups excluding tert-OH is 3. The molecule has 3 aromatic rings. The van der Waals surface area contributed by atoms with Crippen LogP contribution in [0.4, 0.5) is 5.69 Å². The Morgan fingerprint density at radius 2 is 1.77 bits per heavy atom. The Labute approximate surface area is 257 Å². The summed E-state index contributed by atoms with van der Waals surface area (Å²) in [6, 6.07) is 18.5. The molecule has 2 fully saturated rings. The van der Waals surface area contributed by atoms with Crippen molar-refractivity contribution in [3.8, 4) is 17.3 Å². The molecule has 1 aromatic heterocycles. The van der Waals surface area contributed by atoms with Crippen LogP contribution in [0.3, 0.4) is 0 Å². The summed E-state index contributed by atoms with van der Waals surface area (Å²) in [6.07, 6.45) is -4.78. The fourth-order valence-corrected chi connectivity index (χ4v) is 5.84. The Bertz CT molecular complexity index is 1560. The van der Waals surface area contributed by atoms with Crippen molar-refractivity contribution in [2.24, 2.45) is 13.0 Å². The zero-order chi connectivity index (χ0) is 31.4. The van der Waals surface area contributed by atoms with Gasteiger partial charge in [0.05, 0.1) is 19.3 Å². The van der Waals surface area contributed by atoms with E-state index in [-0.39, 0.29) is 12.1 Å². The van der Waals surface area contributed by atoms with Crippen molar-refractivity contribution >= 4 is 27.9 Å². The number of carbonyl (C=O) groups excluding carboxylic acids is 1. The lowest BCUT2D eigenvalue weighted by molar-refractivity contribution is -0.258. The number of amides is 1. The van der Waals surface area contributed by atoms with E-state index in [1.807, 2.05) is 29.8 Å². The summed E-state index contributed by atoms with van der Waals surface area (Å²) in [4.78, 5) is 15.4. The number of allylic oxidation sites excluding steroid dienone is 1. The molecule has 5 rings (SSSR count). The Balaban J connectivity index is 1.26. The molecular formula is C33H41N5O6. The minimum absolute atomic E-state index is 0.0790. The van der Waals surface area contributed by atoms with Gasteiger partial charge in [0, 0.05) is 62.8 Å². The molecule has 2 aliphatic heterocycles. The van der Waals surface area contributed by atoms with Gasteiger partial charge in [-0.25, -0.2) is 0 Å². The molecule has 2 aromatic carbocycles. The number of morpholine rings is 1. The predicted molar refractivity (Wildman–Crippen MR) is 167 cm³/mol. The van der Waals surface area contributed by atoms with Crippen LogP contribution in [0, 0.1) is 17.2 Å². The van der Waals surface area contributed by atoms with E-state index >= 15 is 0 Å². The van der Waals surface area contributed by atoms with Crippen LogP contribution in [-0.4, -0.2) is 101 Å². The van der Waals surface area contributed by atoms with Gasteiger partial charge in [-0.15, -0.1) is 0 Å². The summed E-state index contributed by atoms with van der Waals surface area (Å²) in [7, 11) is 1.89. The highest BCUT2D eigenvalue weighted by Crippen LogP contribution is 2.30. The number of nitrogens with zero attached hydrogens (tertiary/aromatic N) is 3. The average molecular weight is 604 g/mol. The number of aliphatic hydroxyl groups is 3. The molecule has 3 heterocycles. The lowest BCUT2D eigenvalue weighted by Crippen LogP contribution is -2.56. The molecule has 234 valence electrons. The zero-order valence-corrected chi connectivity index (χ0v) is 25.4. The number of carbonyl (C=O) groups is 1. The number of nitrogens with one attached hydrogen (secondary N) is 2. The molecule has 0 spiro atoms. The maximum atomic E-state index is 13.0. The van der Waals surface area contributed by atoms with Gasteiger partial charge in [0.2, 0.25) is 0 Å². The summed E-state index contributed by atoms with van der Waals surface area (Å²) in [5, 5.41) is 48.6. The SMILES string of the molecule is C/C(=C(/C#N)C(=O)NC[C@H]1OC(O)[C@H](C)[C@@H](O)[C@@H]1O)c1ccc(-c2ccc3cc(NCCN4CCOCC4)ccc3c2)n1C. The van der Waals surface area contributed by atoms with Gasteiger partial charge in [-0.3, -0.25) is 9.69 Å². The Morgan fingerprint density at radius 1 is 1.05 bits per heavy atom. The van der Waals surface area contributed by atoms with Gasteiger partial charge in [-0.1, -0.05) is 25.1 Å². The molecule has 1 amide bonds. The molecule has 5 atom stereocenters. The van der Waals surface area contributed by atoms with E-state index in [0.29, 0.717) is 11.3 Å². The lowest BCUT2D eigenvalue weighted by Gasteiger charge is -2.39. The molecule has 2 saturated heterocycles. The van der Waals surface area contributed by atoms with Crippen LogP contribution < -0.4 is 10.6 Å². The van der Waals surface area contributed by atoms with Crippen molar-refractivity contribution in [1.29, 1.82) is 5.26 Å². The molecule has 44 heavy (non-hydrogen) atoms. The van der Waals surface area contributed by atoms with Crippen molar-refractivity contribution < 1.29 is 29.6 Å². The minimum Gasteiger partial charge on any atom is -0.390 e. The van der Waals surface area contributed by atoms with Gasteiger partial charge in [0.1, 0.15) is 23.9 Å². The monoisotopic (exact) mass is 603 g/mol. The second kappa shape index (κ2) is 13.9. The van der Waals surface area contributed by atoms with Crippen LogP contribution in [0.25, 0.3) is 27.6 Å². The summed E-state index contributed by atoms with van der Waals surface area (Å²) in [5.74, 6) is -1.31. The Hall–Kier alpha value is -3.76. The molecule has 0 aliphatic carbocycles. The summed E-state index contributed by atoms with van der Waals surface area (Å²) in [5.41, 5.74) is 4.14. The van der Waals surface area contributed by atoms with E-state index in [2.05, 4.69) is 51.9 Å². The second-order valence-corrected chi connectivity index (χ2v) is 11.5. The van der Waals surface area contributed by atoms with E-state index in [4.69, 9.17) is 9.47 Å². The normalized spacial score (nSPS) is 24.9. The highest BCUT2D eigenvalue weighted by Gasteiger charge is 2.41. The first-order valence-corrected chi connectivity index (χ1v) is 15.0. The Morgan fingerprint density at radius 3 is 2.52 bits per heavy atom. The van der Waals surface area contributed by atoms with Crippen LogP contribution in [0.15, 0.2) is 54.1 Å². The number of hydrogen-bond donors (Lipinski definition) is 5. The van der Waals surface area contributed by atoms with Crippen LogP contribution in [0.5, 0.6) is 0 Å². The molecule has 11 nitrogen and oxygen atoms in total. The van der Waals surface area contributed by atoms with Crippen molar-refractivity contribution in [2.75, 3.05) is 51.3 Å². The van der Waals surface area contributed by atoms with Crippen LogP contribution in [0.1, 0.15) is 19.5 Å². The molecule has 0 bridgehead atoms. The Kier molecular flexibility index (Phi) is 10.0. The standard InChI is InChI=1S/C33H41N5O6/c1-20(26(18-34)32(41)36-19-29-31(40)30(39)21(2)33(42)44-29)27-8-9-28(37(27)3)24-5-4-23-17-25(7-6-22(23)16-24)35-10-11-38-12-14-43-15-13-38/h4-9,16-17,21,29-31,33,35,39-40,42H,10-15,19H2,1-3H3,(H,36,41)/b26-20+/t21-,29-,30-,31-,33?/m1/s1. The molecular weight excluding hydrogens is 562 g/mol. The van der Waals surface area contributed by atoms with Crippen molar-refractivity contribution in [3.63, 3.8) is 0 Å². The lowest BCUT2D eigenvalue weighted by atomic mass is 9.92. The second-order valence-electron chi connectivity index (χ2n) is 11.5. The topological polar surface area (TPSA) is 152 Å². The first-order valence-electron chi connectivity index (χ1n) is 15.0. The van der Waals surface area contributed by atoms with Crippen molar-refractivity contribution in [3.05, 3.63) is 59.8 Å². The largest absolute Gasteiger partial charge is 0.390 e. The molecule has 5 N–H and O–H groups in total.